The first-order chi connectivity index (χ1) is 6.98. The summed E-state index contributed by atoms with van der Waals surface area (Å²) in [5.41, 5.74) is 0. The van der Waals surface area contributed by atoms with Crippen LogP contribution in [-0.2, 0) is 10.0 Å². The molecule has 80 valence electrons. The minimum absolute atomic E-state index is 0.154. The third-order valence-corrected chi connectivity index (χ3v) is 4.16. The highest BCUT2D eigenvalue weighted by atomic mass is 79.9. The molecule has 0 fully saturated rings. The van der Waals surface area contributed by atoms with Crippen molar-refractivity contribution in [3.63, 3.8) is 0 Å². The van der Waals surface area contributed by atoms with Gasteiger partial charge in [-0.05, 0) is 24.3 Å². The Balaban J connectivity index is 3.07. The van der Waals surface area contributed by atoms with Crippen molar-refractivity contribution in [1.29, 1.82) is 5.26 Å². The molecule has 15 heavy (non-hydrogen) atoms. The van der Waals surface area contributed by atoms with Crippen molar-refractivity contribution >= 4 is 26.0 Å². The molecule has 0 unspecified atom stereocenters. The lowest BCUT2D eigenvalue weighted by molar-refractivity contribution is 0.501. The molecule has 0 amide bonds. The highest BCUT2D eigenvalue weighted by molar-refractivity contribution is 9.10. The first-order valence-electron chi connectivity index (χ1n) is 4.07. The molecule has 0 aliphatic carbocycles. The topological polar surface area (TPSA) is 61.2 Å². The lowest BCUT2D eigenvalue weighted by atomic mass is 10.4. The van der Waals surface area contributed by atoms with Crippen LogP contribution in [0.2, 0.25) is 0 Å². The molecule has 0 N–H and O–H groups in total. The van der Waals surface area contributed by atoms with E-state index in [0.717, 1.165) is 8.78 Å². The molecule has 1 aromatic carbocycles. The maximum atomic E-state index is 11.8. The fourth-order valence-corrected chi connectivity index (χ4v) is 2.30. The zero-order valence-corrected chi connectivity index (χ0v) is 10.4. The van der Waals surface area contributed by atoms with Crippen LogP contribution in [0.15, 0.2) is 33.6 Å². The molecule has 0 saturated heterocycles. The van der Waals surface area contributed by atoms with E-state index in [1.165, 1.54) is 19.2 Å². The van der Waals surface area contributed by atoms with Crippen molar-refractivity contribution in [3.8, 4) is 6.07 Å². The van der Waals surface area contributed by atoms with E-state index in [1.54, 1.807) is 18.2 Å². The van der Waals surface area contributed by atoms with Crippen LogP contribution in [0.25, 0.3) is 0 Å². The van der Waals surface area contributed by atoms with Gasteiger partial charge in [-0.2, -0.15) is 9.57 Å². The SMILES string of the molecule is CN(CC#N)S(=O)(=O)c1ccc(Br)cc1. The Morgan fingerprint density at radius 2 is 1.93 bits per heavy atom. The minimum Gasteiger partial charge on any atom is -0.207 e. The standard InChI is InChI=1S/C9H9BrN2O2S/c1-12(7-6-11)15(13,14)9-4-2-8(10)3-5-9/h2-5H,7H2,1H3. The van der Waals surface area contributed by atoms with Crippen molar-refractivity contribution < 1.29 is 8.42 Å². The summed E-state index contributed by atoms with van der Waals surface area (Å²) in [4.78, 5) is 0.184. The second-order valence-corrected chi connectivity index (χ2v) is 5.83. The summed E-state index contributed by atoms with van der Waals surface area (Å²) >= 11 is 3.22. The zero-order chi connectivity index (χ0) is 11.5. The Morgan fingerprint density at radius 1 is 1.40 bits per heavy atom. The molecule has 0 aromatic heterocycles. The highest BCUT2D eigenvalue weighted by Crippen LogP contribution is 2.17. The Bertz CT molecular complexity index is 476. The monoisotopic (exact) mass is 288 g/mol. The molecule has 0 saturated carbocycles. The van der Waals surface area contributed by atoms with Crippen LogP contribution in [0.1, 0.15) is 0 Å². The van der Waals surface area contributed by atoms with Gasteiger partial charge in [0.25, 0.3) is 0 Å². The van der Waals surface area contributed by atoms with Crippen molar-refractivity contribution in [2.45, 2.75) is 4.90 Å². The van der Waals surface area contributed by atoms with Crippen molar-refractivity contribution in [1.82, 2.24) is 4.31 Å². The van der Waals surface area contributed by atoms with Crippen molar-refractivity contribution in [2.24, 2.45) is 0 Å². The van der Waals surface area contributed by atoms with E-state index >= 15 is 0 Å². The number of halogens is 1. The molecule has 0 aliphatic rings. The van der Waals surface area contributed by atoms with Gasteiger partial charge in [-0.3, -0.25) is 0 Å². The fourth-order valence-electron chi connectivity index (χ4n) is 0.971. The van der Waals surface area contributed by atoms with Crippen molar-refractivity contribution in [2.75, 3.05) is 13.6 Å². The highest BCUT2D eigenvalue weighted by Gasteiger charge is 2.19. The maximum Gasteiger partial charge on any atom is 0.243 e. The summed E-state index contributed by atoms with van der Waals surface area (Å²) in [7, 11) is -2.15. The first kappa shape index (κ1) is 12.2. The lowest BCUT2D eigenvalue weighted by Crippen LogP contribution is -2.27. The van der Waals surface area contributed by atoms with Gasteiger partial charge in [-0.25, -0.2) is 8.42 Å². The van der Waals surface area contributed by atoms with E-state index in [1.807, 2.05) is 0 Å². The number of rotatable bonds is 3. The molecule has 0 spiro atoms. The Kier molecular flexibility index (Phi) is 3.85. The number of hydrogen-bond acceptors (Lipinski definition) is 3. The predicted octanol–water partition coefficient (Wildman–Crippen LogP) is 1.59. The van der Waals surface area contributed by atoms with Crippen LogP contribution in [0.4, 0.5) is 0 Å². The number of nitriles is 1. The molecular formula is C9H9BrN2O2S. The Hall–Kier alpha value is -0.900. The molecule has 6 heteroatoms. The van der Waals surface area contributed by atoms with E-state index in [9.17, 15) is 8.42 Å². The van der Waals surface area contributed by atoms with E-state index in [0.29, 0.717) is 0 Å². The van der Waals surface area contributed by atoms with Gasteiger partial charge in [0, 0.05) is 11.5 Å². The van der Waals surface area contributed by atoms with E-state index in [4.69, 9.17) is 5.26 Å². The van der Waals surface area contributed by atoms with Gasteiger partial charge >= 0.3 is 0 Å². The maximum absolute atomic E-state index is 11.8. The predicted molar refractivity (Wildman–Crippen MR) is 59.6 cm³/mol. The molecule has 0 heterocycles. The average Bonchev–Trinajstić information content (AvgIpc) is 2.18. The van der Waals surface area contributed by atoms with E-state index in [2.05, 4.69) is 15.9 Å². The van der Waals surface area contributed by atoms with Gasteiger partial charge in [0.2, 0.25) is 10.0 Å². The van der Waals surface area contributed by atoms with Crippen LogP contribution in [0.3, 0.4) is 0 Å². The van der Waals surface area contributed by atoms with E-state index in [-0.39, 0.29) is 11.4 Å². The number of nitrogens with zero attached hydrogens (tertiary/aromatic N) is 2. The second-order valence-electron chi connectivity index (χ2n) is 2.87. The third-order valence-electron chi connectivity index (χ3n) is 1.82. The summed E-state index contributed by atoms with van der Waals surface area (Å²) in [6, 6.07) is 8.07. The summed E-state index contributed by atoms with van der Waals surface area (Å²) in [5.74, 6) is 0. The molecular weight excluding hydrogens is 280 g/mol. The second kappa shape index (κ2) is 4.75. The smallest absolute Gasteiger partial charge is 0.207 e. The van der Waals surface area contributed by atoms with E-state index < -0.39 is 10.0 Å². The number of hydrogen-bond donors (Lipinski definition) is 0. The molecule has 1 aromatic rings. The van der Waals surface area contributed by atoms with Gasteiger partial charge in [0.1, 0.15) is 6.54 Å². The summed E-state index contributed by atoms with van der Waals surface area (Å²) in [5, 5.41) is 8.43. The summed E-state index contributed by atoms with van der Waals surface area (Å²) < 4.78 is 25.4. The molecule has 0 radical (unpaired) electrons. The number of sulfonamides is 1. The fraction of sp³-hybridized carbons (Fsp3) is 0.222. The minimum atomic E-state index is -3.53. The summed E-state index contributed by atoms with van der Waals surface area (Å²) in [6.07, 6.45) is 0. The molecule has 4 nitrogen and oxygen atoms in total. The quantitative estimate of drug-likeness (QED) is 0.794. The van der Waals surface area contributed by atoms with Crippen LogP contribution < -0.4 is 0 Å². The van der Waals surface area contributed by atoms with Crippen LogP contribution in [0.5, 0.6) is 0 Å². The first-order valence-corrected chi connectivity index (χ1v) is 6.30. The van der Waals surface area contributed by atoms with Crippen LogP contribution in [-0.4, -0.2) is 26.3 Å². The average molecular weight is 289 g/mol. The van der Waals surface area contributed by atoms with Gasteiger partial charge in [0.05, 0.1) is 11.0 Å². The van der Waals surface area contributed by atoms with Gasteiger partial charge in [0.15, 0.2) is 0 Å². The number of benzene rings is 1. The largest absolute Gasteiger partial charge is 0.243 e. The molecule has 1 rings (SSSR count). The Labute approximate surface area is 97.3 Å². The molecule has 0 atom stereocenters. The molecule has 0 aliphatic heterocycles. The summed E-state index contributed by atoms with van der Waals surface area (Å²) in [6.45, 7) is -0.154. The lowest BCUT2D eigenvalue weighted by Gasteiger charge is -2.13. The zero-order valence-electron chi connectivity index (χ0n) is 8.01. The van der Waals surface area contributed by atoms with Crippen molar-refractivity contribution in [3.05, 3.63) is 28.7 Å². The van der Waals surface area contributed by atoms with Crippen LogP contribution in [0, 0.1) is 11.3 Å². The molecule has 0 bridgehead atoms. The third kappa shape index (κ3) is 2.78. The van der Waals surface area contributed by atoms with Gasteiger partial charge < -0.3 is 0 Å². The Morgan fingerprint density at radius 3 is 2.40 bits per heavy atom. The van der Waals surface area contributed by atoms with Crippen LogP contribution >= 0.6 is 15.9 Å². The van der Waals surface area contributed by atoms with Gasteiger partial charge in [-0.1, -0.05) is 15.9 Å². The normalized spacial score (nSPS) is 11.3. The van der Waals surface area contributed by atoms with Gasteiger partial charge in [-0.15, -0.1) is 0 Å².